The van der Waals surface area contributed by atoms with Crippen LogP contribution in [0.5, 0.6) is 11.5 Å². The number of carbonyl (C=O) groups is 1. The largest absolute Gasteiger partial charge is 0.513 e. The maximum Gasteiger partial charge on any atom is 0.513 e. The molecule has 0 fully saturated rings. The Morgan fingerprint density at radius 2 is 1.65 bits per heavy atom. The maximum atomic E-state index is 13.6. The Hall–Kier alpha value is -2.06. The van der Waals surface area contributed by atoms with E-state index in [1.54, 1.807) is 48.5 Å². The highest BCUT2D eigenvalue weighted by molar-refractivity contribution is 14.1. The normalized spacial score (nSPS) is 13.6. The topological polar surface area (TPSA) is 73.9 Å². The number of hydrogen-bond donors (Lipinski definition) is 1. The number of hydrogen-bond acceptors (Lipinski definition) is 5. The average molecular weight is 572 g/mol. The molecule has 2 atom stereocenters. The van der Waals surface area contributed by atoms with Gasteiger partial charge in [-0.2, -0.15) is 5.09 Å². The van der Waals surface area contributed by atoms with E-state index in [0.29, 0.717) is 9.32 Å². The average Bonchev–Trinajstić information content (AvgIpc) is 2.76. The van der Waals surface area contributed by atoms with Crippen LogP contribution in [-0.2, 0) is 20.7 Å². The van der Waals surface area contributed by atoms with Crippen molar-refractivity contribution in [3.05, 3.63) is 93.0 Å². The number of esters is 1. The van der Waals surface area contributed by atoms with E-state index in [9.17, 15) is 9.36 Å². The SMILES string of the molecule is C[C@H](NP(=O)(Oc1ccccc1)Oc1c(Cl)cccc1I)C(=O)OCc1ccccc1. The number of nitrogens with one attached hydrogen (secondary N) is 1. The van der Waals surface area contributed by atoms with E-state index in [-0.39, 0.29) is 17.4 Å². The van der Waals surface area contributed by atoms with E-state index in [0.717, 1.165) is 5.56 Å². The molecule has 0 saturated carbocycles. The molecule has 0 spiro atoms. The summed E-state index contributed by atoms with van der Waals surface area (Å²) in [5, 5.41) is 2.92. The summed E-state index contributed by atoms with van der Waals surface area (Å²) in [6, 6.07) is 21.9. The van der Waals surface area contributed by atoms with Crippen molar-refractivity contribution in [2.75, 3.05) is 0 Å². The second-order valence-corrected chi connectivity index (χ2v) is 9.68. The third kappa shape index (κ3) is 6.97. The molecule has 0 aliphatic carbocycles. The van der Waals surface area contributed by atoms with Gasteiger partial charge in [0.05, 0.1) is 8.59 Å². The van der Waals surface area contributed by atoms with E-state index in [1.807, 2.05) is 52.9 Å². The summed E-state index contributed by atoms with van der Waals surface area (Å²) in [5.41, 5.74) is 0.841. The third-order valence-electron chi connectivity index (χ3n) is 4.03. The van der Waals surface area contributed by atoms with Crippen molar-refractivity contribution >= 4 is 47.9 Å². The number of halogens is 2. The molecule has 9 heteroatoms. The van der Waals surface area contributed by atoms with Crippen molar-refractivity contribution in [3.8, 4) is 11.5 Å². The minimum atomic E-state index is -4.06. The molecule has 0 amide bonds. The second kappa shape index (κ2) is 11.0. The van der Waals surface area contributed by atoms with Gasteiger partial charge in [0.2, 0.25) is 0 Å². The van der Waals surface area contributed by atoms with E-state index in [4.69, 9.17) is 25.4 Å². The molecule has 1 unspecified atom stereocenters. The molecule has 3 rings (SSSR count). The lowest BCUT2D eigenvalue weighted by molar-refractivity contribution is -0.146. The molecule has 0 aromatic heterocycles. The maximum absolute atomic E-state index is 13.6. The predicted octanol–water partition coefficient (Wildman–Crippen LogP) is 6.23. The zero-order valence-corrected chi connectivity index (χ0v) is 20.3. The molecular formula is C22H20ClINO5P. The quantitative estimate of drug-likeness (QED) is 0.186. The first-order chi connectivity index (χ1) is 14.9. The molecule has 0 radical (unpaired) electrons. The van der Waals surface area contributed by atoms with Crippen LogP contribution >= 0.6 is 41.9 Å². The van der Waals surface area contributed by atoms with Crippen molar-refractivity contribution in [2.24, 2.45) is 0 Å². The van der Waals surface area contributed by atoms with Gasteiger partial charge in [-0.05, 0) is 59.3 Å². The van der Waals surface area contributed by atoms with Crippen LogP contribution in [-0.4, -0.2) is 12.0 Å². The van der Waals surface area contributed by atoms with Crippen molar-refractivity contribution < 1.29 is 23.1 Å². The minimum absolute atomic E-state index is 0.0960. The van der Waals surface area contributed by atoms with Crippen LogP contribution in [0.25, 0.3) is 0 Å². The molecule has 0 saturated heterocycles. The summed E-state index contributed by atoms with van der Waals surface area (Å²) in [6.45, 7) is 1.62. The van der Waals surface area contributed by atoms with E-state index >= 15 is 0 Å². The highest BCUT2D eigenvalue weighted by Gasteiger charge is 2.35. The van der Waals surface area contributed by atoms with Gasteiger partial charge < -0.3 is 13.8 Å². The lowest BCUT2D eigenvalue weighted by atomic mass is 10.2. The Labute approximate surface area is 199 Å². The van der Waals surface area contributed by atoms with Gasteiger partial charge in [0.15, 0.2) is 5.75 Å². The molecule has 162 valence electrons. The zero-order chi connectivity index (χ0) is 22.3. The van der Waals surface area contributed by atoms with Gasteiger partial charge in [0.25, 0.3) is 0 Å². The number of para-hydroxylation sites is 2. The zero-order valence-electron chi connectivity index (χ0n) is 16.5. The van der Waals surface area contributed by atoms with Crippen LogP contribution < -0.4 is 14.1 Å². The highest BCUT2D eigenvalue weighted by Crippen LogP contribution is 2.48. The molecule has 0 heterocycles. The lowest BCUT2D eigenvalue weighted by Gasteiger charge is -2.24. The Morgan fingerprint density at radius 1 is 1.00 bits per heavy atom. The van der Waals surface area contributed by atoms with Gasteiger partial charge in [0, 0.05) is 0 Å². The summed E-state index contributed by atoms with van der Waals surface area (Å²) >= 11 is 8.25. The van der Waals surface area contributed by atoms with Crippen LogP contribution in [0.3, 0.4) is 0 Å². The van der Waals surface area contributed by atoms with Gasteiger partial charge in [0.1, 0.15) is 18.4 Å². The molecule has 0 bridgehead atoms. The predicted molar refractivity (Wildman–Crippen MR) is 128 cm³/mol. The van der Waals surface area contributed by atoms with E-state index in [1.165, 1.54) is 6.92 Å². The summed E-state index contributed by atoms with van der Waals surface area (Å²) in [5.74, 6) is -0.0928. The van der Waals surface area contributed by atoms with Gasteiger partial charge >= 0.3 is 13.7 Å². The molecule has 31 heavy (non-hydrogen) atoms. The van der Waals surface area contributed by atoms with Crippen LogP contribution in [0.15, 0.2) is 78.9 Å². The van der Waals surface area contributed by atoms with E-state index in [2.05, 4.69) is 5.09 Å². The first-order valence-electron chi connectivity index (χ1n) is 9.33. The van der Waals surface area contributed by atoms with Crippen LogP contribution in [0, 0.1) is 3.57 Å². The standard InChI is InChI=1S/C22H20ClINO5P/c1-16(22(26)28-15-17-9-4-2-5-10-17)25-31(27,29-18-11-6-3-7-12-18)30-21-19(23)13-8-14-20(21)24/h2-14,16H,15H2,1H3,(H,25,27)/t16-,31?/m0/s1. The number of carbonyl (C=O) groups excluding carboxylic acids is 1. The molecule has 3 aromatic rings. The van der Waals surface area contributed by atoms with Crippen LogP contribution in [0.2, 0.25) is 5.02 Å². The molecule has 0 aliphatic heterocycles. The molecular weight excluding hydrogens is 552 g/mol. The summed E-state index contributed by atoms with van der Waals surface area (Å²) < 4.78 is 31.0. The summed E-state index contributed by atoms with van der Waals surface area (Å²) in [4.78, 5) is 12.5. The monoisotopic (exact) mass is 571 g/mol. The first kappa shape index (κ1) is 23.6. The van der Waals surface area contributed by atoms with Crippen LogP contribution in [0.1, 0.15) is 12.5 Å². The van der Waals surface area contributed by atoms with Gasteiger partial charge in [-0.1, -0.05) is 66.2 Å². The Kier molecular flexibility index (Phi) is 8.37. The number of benzene rings is 3. The number of rotatable bonds is 9. The molecule has 1 N–H and O–H groups in total. The fraction of sp³-hybridized carbons (Fsp3) is 0.136. The van der Waals surface area contributed by atoms with Crippen molar-refractivity contribution in [3.63, 3.8) is 0 Å². The molecule has 3 aromatic carbocycles. The fourth-order valence-corrected chi connectivity index (χ4v) is 5.29. The van der Waals surface area contributed by atoms with Crippen molar-refractivity contribution in [2.45, 2.75) is 19.6 Å². The van der Waals surface area contributed by atoms with Gasteiger partial charge in [-0.25, -0.2) is 4.57 Å². The molecule has 6 nitrogen and oxygen atoms in total. The van der Waals surface area contributed by atoms with Gasteiger partial charge in [-0.3, -0.25) is 4.79 Å². The highest BCUT2D eigenvalue weighted by atomic mass is 127. The fourth-order valence-electron chi connectivity index (χ4n) is 2.52. The summed E-state index contributed by atoms with van der Waals surface area (Å²) in [6.07, 6.45) is 0. The first-order valence-corrected chi connectivity index (χ1v) is 12.3. The Bertz CT molecular complexity index is 1050. The smallest absolute Gasteiger partial charge is 0.460 e. The van der Waals surface area contributed by atoms with E-state index < -0.39 is 19.8 Å². The Morgan fingerprint density at radius 3 is 2.29 bits per heavy atom. The van der Waals surface area contributed by atoms with Crippen LogP contribution in [0.4, 0.5) is 0 Å². The second-order valence-electron chi connectivity index (χ2n) is 6.49. The molecule has 0 aliphatic rings. The van der Waals surface area contributed by atoms with Crippen molar-refractivity contribution in [1.29, 1.82) is 0 Å². The number of ether oxygens (including phenoxy) is 1. The lowest BCUT2D eigenvalue weighted by Crippen LogP contribution is -2.35. The summed E-state index contributed by atoms with van der Waals surface area (Å²) in [7, 11) is -4.06. The minimum Gasteiger partial charge on any atom is -0.460 e. The van der Waals surface area contributed by atoms with Crippen molar-refractivity contribution in [1.82, 2.24) is 5.09 Å². The van der Waals surface area contributed by atoms with Gasteiger partial charge in [-0.15, -0.1) is 0 Å². The third-order valence-corrected chi connectivity index (χ3v) is 6.75. The Balaban J connectivity index is 1.77.